The van der Waals surface area contributed by atoms with Crippen LogP contribution in [-0.4, -0.2) is 32.5 Å². The van der Waals surface area contributed by atoms with E-state index < -0.39 is 0 Å². The molecule has 3 aromatic heterocycles. The lowest BCUT2D eigenvalue weighted by Crippen LogP contribution is -2.29. The van der Waals surface area contributed by atoms with Crippen LogP contribution in [0.5, 0.6) is 0 Å². The highest BCUT2D eigenvalue weighted by Crippen LogP contribution is 2.18. The van der Waals surface area contributed by atoms with Crippen LogP contribution in [0.1, 0.15) is 24.2 Å². The van der Waals surface area contributed by atoms with Crippen LogP contribution in [0.4, 0.5) is 0 Å². The summed E-state index contributed by atoms with van der Waals surface area (Å²) in [5.74, 6) is 1.05. The van der Waals surface area contributed by atoms with Gasteiger partial charge < -0.3 is 13.7 Å². The van der Waals surface area contributed by atoms with Gasteiger partial charge in [-0.2, -0.15) is 0 Å². The van der Waals surface area contributed by atoms with Gasteiger partial charge in [-0.05, 0) is 24.6 Å². The zero-order valence-corrected chi connectivity index (χ0v) is 13.9. The number of nitrogens with zero attached hydrogens (tertiary/aromatic N) is 4. The summed E-state index contributed by atoms with van der Waals surface area (Å²) in [5.41, 5.74) is 0. The SMILES string of the molecule is CCCN(Cc1nnc(-c2ccco2)o1)C(=O)C=Cc1nccs1. The van der Waals surface area contributed by atoms with Crippen LogP contribution in [0.2, 0.25) is 0 Å². The largest absolute Gasteiger partial charge is 0.459 e. The van der Waals surface area contributed by atoms with Crippen molar-refractivity contribution >= 4 is 23.3 Å². The van der Waals surface area contributed by atoms with Crippen LogP contribution < -0.4 is 0 Å². The molecule has 0 radical (unpaired) electrons. The number of thiazole rings is 1. The molecule has 0 aromatic carbocycles. The number of amides is 1. The predicted molar refractivity (Wildman–Crippen MR) is 88.9 cm³/mol. The smallest absolute Gasteiger partial charge is 0.283 e. The first-order valence-corrected chi connectivity index (χ1v) is 8.37. The third-order valence-corrected chi connectivity index (χ3v) is 3.89. The van der Waals surface area contributed by atoms with Crippen molar-refractivity contribution < 1.29 is 13.6 Å². The molecule has 0 fully saturated rings. The number of hydrogen-bond acceptors (Lipinski definition) is 7. The number of aromatic nitrogens is 3. The van der Waals surface area contributed by atoms with Gasteiger partial charge in [0.1, 0.15) is 5.01 Å². The van der Waals surface area contributed by atoms with Gasteiger partial charge in [-0.25, -0.2) is 4.98 Å². The van der Waals surface area contributed by atoms with E-state index in [9.17, 15) is 4.79 Å². The van der Waals surface area contributed by atoms with E-state index in [2.05, 4.69) is 15.2 Å². The van der Waals surface area contributed by atoms with Gasteiger partial charge in [-0.1, -0.05) is 6.92 Å². The maximum atomic E-state index is 12.4. The molecule has 3 aromatic rings. The lowest BCUT2D eigenvalue weighted by molar-refractivity contribution is -0.126. The highest BCUT2D eigenvalue weighted by atomic mass is 32.1. The van der Waals surface area contributed by atoms with E-state index in [-0.39, 0.29) is 12.5 Å². The van der Waals surface area contributed by atoms with Crippen LogP contribution in [-0.2, 0) is 11.3 Å². The predicted octanol–water partition coefficient (Wildman–Crippen LogP) is 3.24. The molecule has 0 aliphatic rings. The van der Waals surface area contributed by atoms with Crippen molar-refractivity contribution in [2.75, 3.05) is 6.54 Å². The Balaban J connectivity index is 1.68. The first-order valence-electron chi connectivity index (χ1n) is 7.49. The van der Waals surface area contributed by atoms with Gasteiger partial charge in [-0.3, -0.25) is 4.79 Å². The molecule has 1 amide bonds. The Morgan fingerprint density at radius 3 is 3.04 bits per heavy atom. The minimum absolute atomic E-state index is 0.121. The van der Waals surface area contributed by atoms with Gasteiger partial charge in [0, 0.05) is 24.2 Å². The zero-order valence-electron chi connectivity index (χ0n) is 13.1. The molecule has 0 bridgehead atoms. The number of furan rings is 1. The third kappa shape index (κ3) is 3.96. The van der Waals surface area contributed by atoms with E-state index in [4.69, 9.17) is 8.83 Å². The maximum absolute atomic E-state index is 12.4. The second-order valence-corrected chi connectivity index (χ2v) is 5.87. The highest BCUT2D eigenvalue weighted by molar-refractivity contribution is 7.10. The molecule has 0 saturated heterocycles. The average molecular weight is 344 g/mol. The highest BCUT2D eigenvalue weighted by Gasteiger charge is 2.16. The maximum Gasteiger partial charge on any atom is 0.283 e. The molecule has 0 saturated carbocycles. The van der Waals surface area contributed by atoms with Gasteiger partial charge >= 0.3 is 0 Å². The Morgan fingerprint density at radius 1 is 1.42 bits per heavy atom. The van der Waals surface area contributed by atoms with Gasteiger partial charge in [0.05, 0.1) is 12.8 Å². The molecule has 7 nitrogen and oxygen atoms in total. The fraction of sp³-hybridized carbons (Fsp3) is 0.250. The summed E-state index contributed by atoms with van der Waals surface area (Å²) in [5, 5.41) is 10.6. The minimum Gasteiger partial charge on any atom is -0.459 e. The molecule has 0 N–H and O–H groups in total. The Hall–Kier alpha value is -2.74. The second kappa shape index (κ2) is 7.69. The first-order chi connectivity index (χ1) is 11.8. The molecule has 0 atom stereocenters. The zero-order chi connectivity index (χ0) is 16.8. The van der Waals surface area contributed by atoms with E-state index in [0.717, 1.165) is 11.4 Å². The second-order valence-electron chi connectivity index (χ2n) is 4.94. The van der Waals surface area contributed by atoms with Crippen molar-refractivity contribution in [2.24, 2.45) is 0 Å². The van der Waals surface area contributed by atoms with Crippen molar-refractivity contribution in [2.45, 2.75) is 19.9 Å². The average Bonchev–Trinajstić information content (AvgIpc) is 3.33. The Morgan fingerprint density at radius 2 is 2.33 bits per heavy atom. The summed E-state index contributed by atoms with van der Waals surface area (Å²) >= 11 is 1.48. The Kier molecular flexibility index (Phi) is 5.17. The van der Waals surface area contributed by atoms with Gasteiger partial charge in [0.2, 0.25) is 11.8 Å². The normalized spacial score (nSPS) is 11.2. The molecule has 3 heterocycles. The van der Waals surface area contributed by atoms with Crippen molar-refractivity contribution in [1.29, 1.82) is 0 Å². The summed E-state index contributed by atoms with van der Waals surface area (Å²) in [4.78, 5) is 18.2. The van der Waals surface area contributed by atoms with Gasteiger partial charge in [0.25, 0.3) is 5.89 Å². The summed E-state index contributed by atoms with van der Waals surface area (Å²) in [6.45, 7) is 2.86. The van der Waals surface area contributed by atoms with E-state index in [1.54, 1.807) is 29.3 Å². The quantitative estimate of drug-likeness (QED) is 0.612. The molecular formula is C16H16N4O3S. The fourth-order valence-corrected chi connectivity index (χ4v) is 2.61. The van der Waals surface area contributed by atoms with E-state index in [1.165, 1.54) is 23.7 Å². The Bertz CT molecular complexity index is 793. The van der Waals surface area contributed by atoms with E-state index in [1.807, 2.05) is 12.3 Å². The molecule has 8 heteroatoms. The van der Waals surface area contributed by atoms with Gasteiger partial charge in [-0.15, -0.1) is 21.5 Å². The summed E-state index contributed by atoms with van der Waals surface area (Å²) in [6.07, 6.45) is 7.29. The van der Waals surface area contributed by atoms with Crippen molar-refractivity contribution in [1.82, 2.24) is 20.1 Å². The monoisotopic (exact) mass is 344 g/mol. The molecule has 24 heavy (non-hydrogen) atoms. The van der Waals surface area contributed by atoms with Crippen molar-refractivity contribution in [3.63, 3.8) is 0 Å². The lowest BCUT2D eigenvalue weighted by Gasteiger charge is -2.18. The van der Waals surface area contributed by atoms with Crippen LogP contribution in [0.25, 0.3) is 17.7 Å². The van der Waals surface area contributed by atoms with Crippen LogP contribution in [0.3, 0.4) is 0 Å². The minimum atomic E-state index is -0.121. The van der Waals surface area contributed by atoms with E-state index in [0.29, 0.717) is 24.1 Å². The first kappa shape index (κ1) is 16.1. The van der Waals surface area contributed by atoms with Crippen molar-refractivity contribution in [3.05, 3.63) is 46.9 Å². The fourth-order valence-electron chi connectivity index (χ4n) is 2.08. The Labute approximate surface area is 142 Å². The molecule has 0 aliphatic carbocycles. The third-order valence-electron chi connectivity index (χ3n) is 3.15. The van der Waals surface area contributed by atoms with Crippen LogP contribution in [0.15, 0.2) is 44.9 Å². The number of rotatable bonds is 7. The number of hydrogen-bond donors (Lipinski definition) is 0. The topological polar surface area (TPSA) is 85.3 Å². The number of carbonyl (C=O) groups excluding carboxylic acids is 1. The van der Waals surface area contributed by atoms with Gasteiger partial charge in [0.15, 0.2) is 5.76 Å². The van der Waals surface area contributed by atoms with E-state index >= 15 is 0 Å². The lowest BCUT2D eigenvalue weighted by atomic mass is 10.3. The molecule has 0 aliphatic heterocycles. The molecule has 0 spiro atoms. The van der Waals surface area contributed by atoms with Crippen molar-refractivity contribution in [3.8, 4) is 11.7 Å². The molecule has 124 valence electrons. The standard InChI is InChI=1S/C16H16N4O3S/c1-2-8-20(15(21)6-5-14-17-7-10-24-14)11-13-18-19-16(23-13)12-4-3-9-22-12/h3-7,9-10H,2,8,11H2,1H3. The summed E-state index contributed by atoms with van der Waals surface area (Å²) < 4.78 is 10.8. The van der Waals surface area contributed by atoms with Crippen LogP contribution in [0, 0.1) is 0 Å². The number of carbonyl (C=O) groups is 1. The molecule has 0 unspecified atom stereocenters. The summed E-state index contributed by atoms with van der Waals surface area (Å²) in [6, 6.07) is 3.48. The molecular weight excluding hydrogens is 328 g/mol. The summed E-state index contributed by atoms with van der Waals surface area (Å²) in [7, 11) is 0. The molecule has 3 rings (SSSR count). The van der Waals surface area contributed by atoms with Crippen LogP contribution >= 0.6 is 11.3 Å².